The summed E-state index contributed by atoms with van der Waals surface area (Å²) in [4.78, 5) is 4.53. The molecule has 0 bridgehead atoms. The number of hydrogen-bond donors (Lipinski definition) is 2. The fraction of sp³-hybridized carbons (Fsp3) is 0.214. The van der Waals surface area contributed by atoms with Crippen molar-refractivity contribution in [1.82, 2.24) is 9.71 Å². The van der Waals surface area contributed by atoms with Gasteiger partial charge in [-0.3, -0.25) is 4.98 Å². The number of anilines is 1. The molecule has 20 heavy (non-hydrogen) atoms. The van der Waals surface area contributed by atoms with Gasteiger partial charge in [-0.2, -0.15) is 0 Å². The number of aryl methyl sites for hydroxylation is 1. The van der Waals surface area contributed by atoms with Crippen LogP contribution in [0.5, 0.6) is 0 Å². The van der Waals surface area contributed by atoms with Gasteiger partial charge in [0.25, 0.3) is 0 Å². The van der Waals surface area contributed by atoms with Crippen molar-refractivity contribution in [1.29, 1.82) is 0 Å². The molecule has 0 unspecified atom stereocenters. The van der Waals surface area contributed by atoms with Gasteiger partial charge in [0.15, 0.2) is 0 Å². The third-order valence-corrected chi connectivity index (χ3v) is 4.27. The van der Waals surface area contributed by atoms with E-state index in [0.29, 0.717) is 6.54 Å². The van der Waals surface area contributed by atoms with Crippen molar-refractivity contribution >= 4 is 15.7 Å². The van der Waals surface area contributed by atoms with E-state index in [4.69, 9.17) is 0 Å². The smallest absolute Gasteiger partial charge is 0.240 e. The molecule has 0 aliphatic rings. The zero-order valence-electron chi connectivity index (χ0n) is 11.4. The van der Waals surface area contributed by atoms with Crippen LogP contribution in [0.25, 0.3) is 0 Å². The molecular weight excluding hydrogens is 274 g/mol. The number of hydrogen-bond acceptors (Lipinski definition) is 4. The van der Waals surface area contributed by atoms with E-state index in [1.165, 1.54) is 7.05 Å². The van der Waals surface area contributed by atoms with Crippen LogP contribution in [-0.2, 0) is 16.6 Å². The molecule has 1 aromatic heterocycles. The highest BCUT2D eigenvalue weighted by Gasteiger charge is 2.11. The Kier molecular flexibility index (Phi) is 4.36. The molecule has 106 valence electrons. The van der Waals surface area contributed by atoms with Crippen LogP contribution in [0.3, 0.4) is 0 Å². The Labute approximate surface area is 119 Å². The molecule has 1 heterocycles. The average Bonchev–Trinajstić information content (AvgIpc) is 2.47. The molecule has 0 spiro atoms. The summed E-state index contributed by atoms with van der Waals surface area (Å²) >= 11 is 0. The molecule has 2 aromatic rings. The quantitative estimate of drug-likeness (QED) is 0.883. The highest BCUT2D eigenvalue weighted by molar-refractivity contribution is 7.89. The Morgan fingerprint density at radius 1 is 1.20 bits per heavy atom. The van der Waals surface area contributed by atoms with Crippen molar-refractivity contribution in [2.45, 2.75) is 18.4 Å². The summed E-state index contributed by atoms with van der Waals surface area (Å²) in [5, 5.41) is 3.16. The summed E-state index contributed by atoms with van der Waals surface area (Å²) in [6, 6.07) is 10.6. The number of nitrogens with one attached hydrogen (secondary N) is 2. The van der Waals surface area contributed by atoms with Crippen LogP contribution in [0.15, 0.2) is 47.5 Å². The van der Waals surface area contributed by atoms with Crippen LogP contribution in [-0.4, -0.2) is 20.4 Å². The molecule has 0 atom stereocenters. The molecule has 0 aliphatic heterocycles. The first-order valence-corrected chi connectivity index (χ1v) is 7.68. The predicted molar refractivity (Wildman–Crippen MR) is 79.0 cm³/mol. The van der Waals surface area contributed by atoms with Crippen LogP contribution in [0.4, 0.5) is 5.69 Å². The second kappa shape index (κ2) is 6.02. The normalized spacial score (nSPS) is 11.3. The Morgan fingerprint density at radius 2 is 2.00 bits per heavy atom. The number of rotatable bonds is 5. The fourth-order valence-corrected chi connectivity index (χ4v) is 2.46. The van der Waals surface area contributed by atoms with E-state index >= 15 is 0 Å². The van der Waals surface area contributed by atoms with E-state index in [1.807, 2.05) is 25.1 Å². The summed E-state index contributed by atoms with van der Waals surface area (Å²) in [6.07, 6.45) is 1.80. The maximum atomic E-state index is 11.7. The first-order valence-electron chi connectivity index (χ1n) is 6.20. The number of pyridine rings is 1. The van der Waals surface area contributed by atoms with E-state index in [1.54, 1.807) is 24.4 Å². The highest BCUT2D eigenvalue weighted by atomic mass is 32.2. The molecule has 2 N–H and O–H groups in total. The van der Waals surface area contributed by atoms with E-state index < -0.39 is 10.0 Å². The molecule has 0 saturated heterocycles. The number of aromatic nitrogens is 1. The molecule has 2 rings (SSSR count). The van der Waals surface area contributed by atoms with Crippen molar-refractivity contribution < 1.29 is 8.42 Å². The first kappa shape index (κ1) is 14.5. The lowest BCUT2D eigenvalue weighted by atomic mass is 10.2. The van der Waals surface area contributed by atoms with Crippen LogP contribution >= 0.6 is 0 Å². The minimum Gasteiger partial charge on any atom is -0.379 e. The van der Waals surface area contributed by atoms with Crippen molar-refractivity contribution in [3.8, 4) is 0 Å². The van der Waals surface area contributed by atoms with E-state index in [-0.39, 0.29) is 4.90 Å². The zero-order valence-corrected chi connectivity index (χ0v) is 12.2. The molecule has 1 aromatic carbocycles. The van der Waals surface area contributed by atoms with Gasteiger partial charge in [-0.1, -0.05) is 12.1 Å². The van der Waals surface area contributed by atoms with Gasteiger partial charge in [-0.25, -0.2) is 13.1 Å². The largest absolute Gasteiger partial charge is 0.379 e. The molecule has 0 aliphatic carbocycles. The summed E-state index contributed by atoms with van der Waals surface area (Å²) in [5.74, 6) is 0. The number of nitrogens with zero attached hydrogens (tertiary/aromatic N) is 1. The third-order valence-electron chi connectivity index (χ3n) is 2.86. The number of benzene rings is 1. The number of sulfonamides is 1. The van der Waals surface area contributed by atoms with Gasteiger partial charge in [-0.15, -0.1) is 0 Å². The van der Waals surface area contributed by atoms with Gasteiger partial charge >= 0.3 is 0 Å². The van der Waals surface area contributed by atoms with Gasteiger partial charge in [0, 0.05) is 11.9 Å². The molecular formula is C14H17N3O2S. The fourth-order valence-electron chi connectivity index (χ4n) is 1.69. The van der Waals surface area contributed by atoms with E-state index in [0.717, 1.165) is 16.9 Å². The first-order chi connectivity index (χ1) is 9.51. The minimum absolute atomic E-state index is 0.238. The van der Waals surface area contributed by atoms with Crippen LogP contribution in [0.2, 0.25) is 0 Å². The molecule has 6 heteroatoms. The second-order valence-corrected chi connectivity index (χ2v) is 6.30. The van der Waals surface area contributed by atoms with Gasteiger partial charge in [0.1, 0.15) is 0 Å². The molecule has 0 saturated carbocycles. The Bertz CT molecular complexity index is 682. The lowest BCUT2D eigenvalue weighted by Gasteiger charge is -2.08. The monoisotopic (exact) mass is 291 g/mol. The van der Waals surface area contributed by atoms with Gasteiger partial charge in [0.2, 0.25) is 10.0 Å². The Hall–Kier alpha value is -1.92. The summed E-state index contributed by atoms with van der Waals surface area (Å²) < 4.78 is 25.7. The van der Waals surface area contributed by atoms with Crippen LogP contribution in [0.1, 0.15) is 11.3 Å². The SMILES string of the molecule is CNS(=O)(=O)c1cccc(NCc2ccc(C)cn2)c1. The van der Waals surface area contributed by atoms with E-state index in [9.17, 15) is 8.42 Å². The van der Waals surface area contributed by atoms with Gasteiger partial charge in [0.05, 0.1) is 17.1 Å². The Balaban J connectivity index is 2.11. The lowest BCUT2D eigenvalue weighted by Crippen LogP contribution is -2.18. The summed E-state index contributed by atoms with van der Waals surface area (Å²) in [7, 11) is -2.02. The van der Waals surface area contributed by atoms with Crippen molar-refractivity contribution in [3.05, 3.63) is 53.9 Å². The topological polar surface area (TPSA) is 71.1 Å². The van der Waals surface area contributed by atoms with Crippen molar-refractivity contribution in [2.24, 2.45) is 0 Å². The maximum absolute atomic E-state index is 11.7. The third kappa shape index (κ3) is 3.55. The Morgan fingerprint density at radius 3 is 2.65 bits per heavy atom. The van der Waals surface area contributed by atoms with E-state index in [2.05, 4.69) is 15.0 Å². The van der Waals surface area contributed by atoms with Gasteiger partial charge in [-0.05, 0) is 43.8 Å². The molecule has 5 nitrogen and oxygen atoms in total. The second-order valence-electron chi connectivity index (χ2n) is 4.42. The predicted octanol–water partition coefficient (Wildman–Crippen LogP) is 1.91. The van der Waals surface area contributed by atoms with Gasteiger partial charge < -0.3 is 5.32 Å². The molecule has 0 radical (unpaired) electrons. The average molecular weight is 291 g/mol. The standard InChI is InChI=1S/C14H17N3O2S/c1-11-6-7-13(16-9-11)10-17-12-4-3-5-14(8-12)20(18,19)15-2/h3-9,15,17H,10H2,1-2H3. The molecule has 0 fully saturated rings. The highest BCUT2D eigenvalue weighted by Crippen LogP contribution is 2.15. The minimum atomic E-state index is -3.41. The summed E-state index contributed by atoms with van der Waals surface area (Å²) in [5.41, 5.74) is 2.75. The zero-order chi connectivity index (χ0) is 14.6. The lowest BCUT2D eigenvalue weighted by molar-refractivity contribution is 0.588. The molecule has 0 amide bonds. The maximum Gasteiger partial charge on any atom is 0.240 e. The van der Waals surface area contributed by atoms with Crippen LogP contribution in [0, 0.1) is 6.92 Å². The van der Waals surface area contributed by atoms with Crippen LogP contribution < -0.4 is 10.0 Å². The summed E-state index contributed by atoms with van der Waals surface area (Å²) in [6.45, 7) is 2.53. The van der Waals surface area contributed by atoms with Crippen molar-refractivity contribution in [2.75, 3.05) is 12.4 Å². The van der Waals surface area contributed by atoms with Crippen molar-refractivity contribution in [3.63, 3.8) is 0 Å².